The molecule has 7 nitrogen and oxygen atoms in total. The summed E-state index contributed by atoms with van der Waals surface area (Å²) < 4.78 is 0. The van der Waals surface area contributed by atoms with Crippen molar-refractivity contribution in [1.82, 2.24) is 25.6 Å². The molecule has 3 aliphatic rings. The molecule has 5 rings (SSSR count). The van der Waals surface area contributed by atoms with E-state index in [1.54, 1.807) is 6.92 Å². The van der Waals surface area contributed by atoms with Crippen LogP contribution in [0.1, 0.15) is 48.8 Å². The first kappa shape index (κ1) is 17.4. The summed E-state index contributed by atoms with van der Waals surface area (Å²) >= 11 is 0. The summed E-state index contributed by atoms with van der Waals surface area (Å²) in [6.07, 6.45) is 3.78. The molecule has 2 amide bonds. The van der Waals surface area contributed by atoms with Gasteiger partial charge in [0.1, 0.15) is 0 Å². The summed E-state index contributed by atoms with van der Waals surface area (Å²) in [6, 6.07) is 9.52. The number of carbonyl (C=O) groups excluding carboxylic acids is 2. The van der Waals surface area contributed by atoms with E-state index in [9.17, 15) is 9.59 Å². The second kappa shape index (κ2) is 5.90. The van der Waals surface area contributed by atoms with Crippen molar-refractivity contribution in [2.75, 3.05) is 6.54 Å². The molecule has 146 valence electrons. The Bertz CT molecular complexity index is 949. The topological polar surface area (TPSA) is 88.9 Å². The number of hydrogen-bond donors (Lipinski definition) is 2. The minimum atomic E-state index is -0.341. The Morgan fingerprint density at radius 2 is 1.93 bits per heavy atom. The third kappa shape index (κ3) is 2.72. The number of hydrogen-bond acceptors (Lipinski definition) is 4. The highest BCUT2D eigenvalue weighted by Gasteiger charge is 2.69. The van der Waals surface area contributed by atoms with E-state index in [4.69, 9.17) is 0 Å². The van der Waals surface area contributed by atoms with E-state index in [1.165, 1.54) is 4.80 Å². The predicted molar refractivity (Wildman–Crippen MR) is 103 cm³/mol. The van der Waals surface area contributed by atoms with E-state index in [0.29, 0.717) is 29.8 Å². The van der Waals surface area contributed by atoms with Gasteiger partial charge in [0, 0.05) is 6.54 Å². The summed E-state index contributed by atoms with van der Waals surface area (Å²) in [5.74, 6) is 1.19. The van der Waals surface area contributed by atoms with Gasteiger partial charge in [-0.1, -0.05) is 25.1 Å². The average Bonchev–Trinajstić information content (AvgIpc) is 3.54. The van der Waals surface area contributed by atoms with Crippen LogP contribution in [0.2, 0.25) is 0 Å². The number of fused-ring (bicyclic) bond motifs is 1. The van der Waals surface area contributed by atoms with Crippen molar-refractivity contribution < 1.29 is 9.59 Å². The molecule has 0 spiro atoms. The van der Waals surface area contributed by atoms with Crippen LogP contribution in [0.25, 0.3) is 5.69 Å². The van der Waals surface area contributed by atoms with E-state index in [-0.39, 0.29) is 22.8 Å². The first-order chi connectivity index (χ1) is 13.4. The molecule has 3 fully saturated rings. The maximum Gasteiger partial charge on any atom is 0.274 e. The molecule has 0 bridgehead atoms. The van der Waals surface area contributed by atoms with Crippen molar-refractivity contribution in [2.45, 2.75) is 45.1 Å². The zero-order chi connectivity index (χ0) is 19.5. The van der Waals surface area contributed by atoms with Crippen molar-refractivity contribution in [3.63, 3.8) is 0 Å². The third-order valence-electron chi connectivity index (χ3n) is 6.76. The number of amides is 2. The van der Waals surface area contributed by atoms with Gasteiger partial charge in [0.2, 0.25) is 5.91 Å². The number of aromatic nitrogens is 3. The molecule has 0 aliphatic heterocycles. The standard InChI is InChI=1S/C21H25N5O2/c1-13-10-21(11-16(13)21)19(28)22-12-20(8-9-20)23-18(27)17-14(2)24-26(25-17)15-6-4-3-5-7-15/h3-7,13,16H,8-12H2,1-2H3,(H,22,28)(H,23,27)/t13-,16+,21-/m1/s1. The number of nitrogens with zero attached hydrogens (tertiary/aromatic N) is 3. The van der Waals surface area contributed by atoms with Crippen LogP contribution in [0.15, 0.2) is 30.3 Å². The number of carbonyl (C=O) groups is 2. The summed E-state index contributed by atoms with van der Waals surface area (Å²) in [5, 5.41) is 14.9. The van der Waals surface area contributed by atoms with Crippen LogP contribution in [0.3, 0.4) is 0 Å². The number of para-hydroxylation sites is 1. The van der Waals surface area contributed by atoms with Gasteiger partial charge in [-0.25, -0.2) is 0 Å². The molecule has 1 aromatic heterocycles. The summed E-state index contributed by atoms with van der Waals surface area (Å²) in [6.45, 7) is 4.50. The van der Waals surface area contributed by atoms with Gasteiger partial charge in [-0.15, -0.1) is 5.10 Å². The van der Waals surface area contributed by atoms with Crippen LogP contribution in [-0.2, 0) is 4.79 Å². The molecule has 0 unspecified atom stereocenters. The fourth-order valence-electron chi connectivity index (χ4n) is 4.71. The zero-order valence-electron chi connectivity index (χ0n) is 16.2. The Labute approximate surface area is 163 Å². The van der Waals surface area contributed by atoms with Crippen LogP contribution >= 0.6 is 0 Å². The maximum atomic E-state index is 12.8. The summed E-state index contributed by atoms with van der Waals surface area (Å²) in [5.41, 5.74) is 1.30. The quantitative estimate of drug-likeness (QED) is 0.803. The number of aryl methyl sites for hydroxylation is 1. The Morgan fingerprint density at radius 1 is 1.18 bits per heavy atom. The smallest absolute Gasteiger partial charge is 0.274 e. The summed E-state index contributed by atoms with van der Waals surface area (Å²) in [7, 11) is 0. The van der Waals surface area contributed by atoms with E-state index in [2.05, 4.69) is 27.8 Å². The van der Waals surface area contributed by atoms with Crippen molar-refractivity contribution in [1.29, 1.82) is 0 Å². The average molecular weight is 379 g/mol. The van der Waals surface area contributed by atoms with Crippen molar-refractivity contribution in [3.8, 4) is 5.69 Å². The number of benzene rings is 1. The van der Waals surface area contributed by atoms with Crippen LogP contribution in [-0.4, -0.2) is 38.9 Å². The van der Waals surface area contributed by atoms with E-state index in [0.717, 1.165) is 31.4 Å². The zero-order valence-corrected chi connectivity index (χ0v) is 16.2. The lowest BCUT2D eigenvalue weighted by Crippen LogP contribution is -2.49. The molecule has 28 heavy (non-hydrogen) atoms. The van der Waals surface area contributed by atoms with Gasteiger partial charge >= 0.3 is 0 Å². The number of rotatable bonds is 6. The highest BCUT2D eigenvalue weighted by molar-refractivity contribution is 5.94. The molecule has 3 aliphatic carbocycles. The highest BCUT2D eigenvalue weighted by atomic mass is 16.2. The normalized spacial score (nSPS) is 28.6. The minimum Gasteiger partial charge on any atom is -0.353 e. The lowest BCUT2D eigenvalue weighted by molar-refractivity contribution is -0.130. The third-order valence-corrected chi connectivity index (χ3v) is 6.76. The molecule has 1 heterocycles. The molecule has 2 aromatic rings. The van der Waals surface area contributed by atoms with Gasteiger partial charge in [0.05, 0.1) is 22.3 Å². The van der Waals surface area contributed by atoms with Gasteiger partial charge in [0.15, 0.2) is 5.69 Å². The largest absolute Gasteiger partial charge is 0.353 e. The van der Waals surface area contributed by atoms with Gasteiger partial charge < -0.3 is 10.6 Å². The SMILES string of the molecule is Cc1nn(-c2ccccc2)nc1C(=O)NC1(CNC(=O)[C@@]23C[C@@H](C)[C@@H]2C3)CC1. The first-order valence-electron chi connectivity index (χ1n) is 10.0. The fraction of sp³-hybridized carbons (Fsp3) is 0.524. The molecule has 3 atom stereocenters. The molecule has 1 aromatic carbocycles. The molecule has 2 N–H and O–H groups in total. The van der Waals surface area contributed by atoms with Gasteiger partial charge in [0.25, 0.3) is 5.91 Å². The Morgan fingerprint density at radius 3 is 2.54 bits per heavy atom. The Hall–Kier alpha value is -2.70. The Balaban J connectivity index is 1.22. The van der Waals surface area contributed by atoms with E-state index in [1.807, 2.05) is 30.3 Å². The van der Waals surface area contributed by atoms with Crippen molar-refractivity contribution in [3.05, 3.63) is 41.7 Å². The van der Waals surface area contributed by atoms with E-state index < -0.39 is 0 Å². The molecular weight excluding hydrogens is 354 g/mol. The predicted octanol–water partition coefficient (Wildman–Crippen LogP) is 2.00. The highest BCUT2D eigenvalue weighted by Crippen LogP contribution is 2.70. The van der Waals surface area contributed by atoms with Crippen LogP contribution in [0, 0.1) is 24.2 Å². The second-order valence-corrected chi connectivity index (χ2v) is 8.82. The maximum absolute atomic E-state index is 12.8. The number of nitrogens with one attached hydrogen (secondary N) is 2. The minimum absolute atomic E-state index is 0.0888. The fourth-order valence-corrected chi connectivity index (χ4v) is 4.71. The first-order valence-corrected chi connectivity index (χ1v) is 10.0. The molecule has 0 saturated heterocycles. The lowest BCUT2D eigenvalue weighted by atomic mass is 9.75. The summed E-state index contributed by atoms with van der Waals surface area (Å²) in [4.78, 5) is 26.8. The van der Waals surface area contributed by atoms with Gasteiger partial charge in [-0.3, -0.25) is 9.59 Å². The lowest BCUT2D eigenvalue weighted by Gasteiger charge is -2.31. The van der Waals surface area contributed by atoms with Crippen molar-refractivity contribution >= 4 is 11.8 Å². The second-order valence-electron chi connectivity index (χ2n) is 8.82. The molecule has 0 radical (unpaired) electrons. The monoisotopic (exact) mass is 379 g/mol. The van der Waals surface area contributed by atoms with Crippen LogP contribution in [0.4, 0.5) is 0 Å². The molecule has 3 saturated carbocycles. The van der Waals surface area contributed by atoms with Gasteiger partial charge in [-0.2, -0.15) is 9.90 Å². The Kier molecular flexibility index (Phi) is 3.66. The van der Waals surface area contributed by atoms with Gasteiger partial charge in [-0.05, 0) is 56.6 Å². The molecule has 7 heteroatoms. The van der Waals surface area contributed by atoms with Crippen LogP contribution < -0.4 is 10.6 Å². The van der Waals surface area contributed by atoms with E-state index >= 15 is 0 Å². The van der Waals surface area contributed by atoms with Crippen molar-refractivity contribution in [2.24, 2.45) is 17.3 Å². The van der Waals surface area contributed by atoms with Crippen LogP contribution in [0.5, 0.6) is 0 Å². The molecular formula is C21H25N5O2.